The Kier molecular flexibility index (Phi) is 8.29. The van der Waals surface area contributed by atoms with Gasteiger partial charge < -0.3 is 5.11 Å². The highest BCUT2D eigenvalue weighted by Crippen LogP contribution is 2.22. The molecule has 0 spiro atoms. The van der Waals surface area contributed by atoms with Crippen LogP contribution in [0.15, 0.2) is 12.2 Å². The molecule has 20 heavy (non-hydrogen) atoms. The molecule has 0 aliphatic heterocycles. The van der Waals surface area contributed by atoms with E-state index in [0.717, 1.165) is 18.4 Å². The molecule has 0 aromatic carbocycles. The van der Waals surface area contributed by atoms with Gasteiger partial charge in [-0.25, -0.2) is 0 Å². The van der Waals surface area contributed by atoms with E-state index in [1.165, 1.54) is 0 Å². The molecule has 0 heterocycles. The Hall–Kier alpha value is -0.670. The number of carbonyl (C=O) groups is 1. The summed E-state index contributed by atoms with van der Waals surface area (Å²) in [7, 11) is 1.92. The summed E-state index contributed by atoms with van der Waals surface area (Å²) in [6.45, 7) is 15.8. The SMILES string of the molecule is C=C(C)CC[C@@H](C)[C@@H](O)[C@@H](C(=O)C(C)C)N(C)C(C)C. The zero-order chi connectivity index (χ0) is 16.0. The first-order valence-electron chi connectivity index (χ1n) is 7.67. The monoisotopic (exact) mass is 283 g/mol. The molecule has 0 saturated heterocycles. The Bertz CT molecular complexity index is 323. The van der Waals surface area contributed by atoms with Crippen LogP contribution in [0.1, 0.15) is 54.4 Å². The lowest BCUT2D eigenvalue weighted by atomic mass is 9.86. The van der Waals surface area contributed by atoms with Crippen LogP contribution in [0.3, 0.4) is 0 Å². The van der Waals surface area contributed by atoms with Gasteiger partial charge >= 0.3 is 0 Å². The van der Waals surface area contributed by atoms with Crippen LogP contribution < -0.4 is 0 Å². The summed E-state index contributed by atoms with van der Waals surface area (Å²) in [5.41, 5.74) is 1.12. The second kappa shape index (κ2) is 8.58. The van der Waals surface area contributed by atoms with Gasteiger partial charge in [0.15, 0.2) is 5.78 Å². The van der Waals surface area contributed by atoms with Gasteiger partial charge in [0.05, 0.1) is 12.1 Å². The maximum atomic E-state index is 12.5. The summed E-state index contributed by atoms with van der Waals surface area (Å²) < 4.78 is 0. The molecular weight excluding hydrogens is 250 g/mol. The highest BCUT2D eigenvalue weighted by molar-refractivity contribution is 5.86. The maximum Gasteiger partial charge on any atom is 0.155 e. The standard InChI is InChI=1S/C17H33NO2/c1-11(2)9-10-14(7)17(20)15(16(19)12(3)4)18(8)13(5)6/h12-15,17,20H,1,9-10H2,2-8H3/t14-,15-,17-/m1/s1. The molecule has 3 atom stereocenters. The van der Waals surface area contributed by atoms with E-state index in [0.29, 0.717) is 0 Å². The predicted molar refractivity (Wildman–Crippen MR) is 85.8 cm³/mol. The van der Waals surface area contributed by atoms with E-state index in [1.807, 2.05) is 53.5 Å². The number of likely N-dealkylation sites (N-methyl/N-ethyl adjacent to an activating group) is 1. The maximum absolute atomic E-state index is 12.5. The van der Waals surface area contributed by atoms with Gasteiger partial charge in [0, 0.05) is 12.0 Å². The van der Waals surface area contributed by atoms with Gasteiger partial charge in [-0.05, 0) is 46.6 Å². The van der Waals surface area contributed by atoms with Crippen molar-refractivity contribution in [3.8, 4) is 0 Å². The van der Waals surface area contributed by atoms with Gasteiger partial charge in [0.2, 0.25) is 0 Å². The van der Waals surface area contributed by atoms with Crippen LogP contribution in [0.2, 0.25) is 0 Å². The Morgan fingerprint density at radius 1 is 1.20 bits per heavy atom. The van der Waals surface area contributed by atoms with E-state index in [2.05, 4.69) is 6.58 Å². The average Bonchev–Trinajstić information content (AvgIpc) is 2.35. The molecule has 0 saturated carbocycles. The first-order chi connectivity index (χ1) is 9.09. The summed E-state index contributed by atoms with van der Waals surface area (Å²) in [6.07, 6.45) is 1.13. The van der Waals surface area contributed by atoms with E-state index in [9.17, 15) is 9.90 Å². The number of allylic oxidation sites excluding steroid dienone is 1. The van der Waals surface area contributed by atoms with Crippen molar-refractivity contribution in [2.75, 3.05) is 7.05 Å². The van der Waals surface area contributed by atoms with Crippen molar-refractivity contribution in [2.45, 2.75) is 72.6 Å². The summed E-state index contributed by atoms with van der Waals surface area (Å²) in [5, 5.41) is 10.6. The van der Waals surface area contributed by atoms with Crippen molar-refractivity contribution >= 4 is 5.78 Å². The lowest BCUT2D eigenvalue weighted by molar-refractivity contribution is -0.133. The fourth-order valence-corrected chi connectivity index (χ4v) is 2.23. The smallest absolute Gasteiger partial charge is 0.155 e. The Balaban J connectivity index is 5.01. The highest BCUT2D eigenvalue weighted by atomic mass is 16.3. The van der Waals surface area contributed by atoms with Crippen LogP contribution in [0.5, 0.6) is 0 Å². The molecule has 0 aliphatic rings. The van der Waals surface area contributed by atoms with Crippen molar-refractivity contribution in [1.29, 1.82) is 0 Å². The number of Topliss-reactive ketones (excluding diaryl/α,β-unsaturated/α-hetero) is 1. The number of carbonyl (C=O) groups excluding carboxylic acids is 1. The molecule has 3 nitrogen and oxygen atoms in total. The molecule has 0 bridgehead atoms. The molecule has 118 valence electrons. The largest absolute Gasteiger partial charge is 0.391 e. The molecule has 0 unspecified atom stereocenters. The summed E-state index contributed by atoms with van der Waals surface area (Å²) in [4.78, 5) is 14.4. The third-order valence-corrected chi connectivity index (χ3v) is 4.05. The normalized spacial score (nSPS) is 16.6. The Labute approximate surface area is 125 Å². The van der Waals surface area contributed by atoms with Crippen molar-refractivity contribution in [2.24, 2.45) is 11.8 Å². The van der Waals surface area contributed by atoms with E-state index in [1.54, 1.807) is 0 Å². The van der Waals surface area contributed by atoms with Gasteiger partial charge in [0.1, 0.15) is 0 Å². The molecule has 0 amide bonds. The number of aliphatic hydroxyl groups is 1. The van der Waals surface area contributed by atoms with Crippen LogP contribution in [0.4, 0.5) is 0 Å². The highest BCUT2D eigenvalue weighted by Gasteiger charge is 2.35. The van der Waals surface area contributed by atoms with Crippen LogP contribution >= 0.6 is 0 Å². The van der Waals surface area contributed by atoms with Crippen molar-refractivity contribution in [3.63, 3.8) is 0 Å². The van der Waals surface area contributed by atoms with E-state index in [-0.39, 0.29) is 23.7 Å². The predicted octanol–water partition coefficient (Wildman–Crippen LogP) is 3.27. The molecule has 1 N–H and O–H groups in total. The van der Waals surface area contributed by atoms with Gasteiger partial charge in [-0.2, -0.15) is 0 Å². The fraction of sp³-hybridized carbons (Fsp3) is 0.824. The number of hydrogen-bond acceptors (Lipinski definition) is 3. The van der Waals surface area contributed by atoms with E-state index >= 15 is 0 Å². The first kappa shape index (κ1) is 19.3. The van der Waals surface area contributed by atoms with Gasteiger partial charge in [-0.3, -0.25) is 9.69 Å². The zero-order valence-electron chi connectivity index (χ0n) is 14.3. The quantitative estimate of drug-likeness (QED) is 0.660. The first-order valence-corrected chi connectivity index (χ1v) is 7.67. The average molecular weight is 283 g/mol. The summed E-state index contributed by atoms with van der Waals surface area (Å²) in [5.74, 6) is 0.140. The zero-order valence-corrected chi connectivity index (χ0v) is 14.3. The molecule has 0 aliphatic carbocycles. The summed E-state index contributed by atoms with van der Waals surface area (Å²) >= 11 is 0. The topological polar surface area (TPSA) is 40.5 Å². The molecular formula is C17H33NO2. The van der Waals surface area contributed by atoms with E-state index < -0.39 is 12.1 Å². The third kappa shape index (κ3) is 5.76. The van der Waals surface area contributed by atoms with Crippen molar-refractivity contribution in [3.05, 3.63) is 12.2 Å². The number of hydrogen-bond donors (Lipinski definition) is 1. The van der Waals surface area contributed by atoms with Crippen LogP contribution in [-0.2, 0) is 4.79 Å². The Morgan fingerprint density at radius 2 is 1.70 bits per heavy atom. The minimum atomic E-state index is -0.628. The number of ketones is 1. The van der Waals surface area contributed by atoms with Crippen molar-refractivity contribution < 1.29 is 9.90 Å². The second-order valence-corrected chi connectivity index (χ2v) is 6.72. The molecule has 3 heteroatoms. The van der Waals surface area contributed by atoms with E-state index in [4.69, 9.17) is 0 Å². The van der Waals surface area contributed by atoms with Crippen molar-refractivity contribution in [1.82, 2.24) is 4.90 Å². The minimum absolute atomic E-state index is 0.0656. The number of aliphatic hydroxyl groups excluding tert-OH is 1. The molecule has 0 rings (SSSR count). The van der Waals surface area contributed by atoms with Gasteiger partial charge in [0.25, 0.3) is 0 Å². The van der Waals surface area contributed by atoms with Crippen LogP contribution in [-0.4, -0.2) is 41.0 Å². The number of nitrogens with zero attached hydrogens (tertiary/aromatic N) is 1. The second-order valence-electron chi connectivity index (χ2n) is 6.72. The lowest BCUT2D eigenvalue weighted by Gasteiger charge is -2.37. The molecule has 0 fully saturated rings. The third-order valence-electron chi connectivity index (χ3n) is 4.05. The Morgan fingerprint density at radius 3 is 2.05 bits per heavy atom. The van der Waals surface area contributed by atoms with Crippen LogP contribution in [0, 0.1) is 11.8 Å². The van der Waals surface area contributed by atoms with Crippen LogP contribution in [0.25, 0.3) is 0 Å². The lowest BCUT2D eigenvalue weighted by Crippen LogP contribution is -2.53. The minimum Gasteiger partial charge on any atom is -0.391 e. The number of rotatable bonds is 9. The molecule has 0 aromatic rings. The molecule has 0 radical (unpaired) electrons. The van der Waals surface area contributed by atoms with Gasteiger partial charge in [-0.15, -0.1) is 6.58 Å². The molecule has 0 aromatic heterocycles. The fourth-order valence-electron chi connectivity index (χ4n) is 2.23. The van der Waals surface area contributed by atoms with Gasteiger partial charge in [-0.1, -0.05) is 26.3 Å². The summed E-state index contributed by atoms with van der Waals surface area (Å²) in [6, 6.07) is -0.194.